The number of aromatic nitrogens is 1. The van der Waals surface area contributed by atoms with Crippen molar-refractivity contribution in [3.63, 3.8) is 0 Å². The Labute approximate surface area is 137 Å². The lowest BCUT2D eigenvalue weighted by Gasteiger charge is -2.12. The van der Waals surface area contributed by atoms with Gasteiger partial charge in [-0.15, -0.1) is 0 Å². The van der Waals surface area contributed by atoms with Crippen LogP contribution in [-0.2, 0) is 0 Å². The van der Waals surface area contributed by atoms with Crippen LogP contribution in [0.2, 0.25) is 5.02 Å². The molecule has 0 unspecified atom stereocenters. The van der Waals surface area contributed by atoms with Crippen molar-refractivity contribution in [1.82, 2.24) is 10.5 Å². The number of nitrogens with zero attached hydrogens (tertiary/aromatic N) is 1. The number of anilines is 1. The fourth-order valence-corrected chi connectivity index (χ4v) is 3.72. The van der Waals surface area contributed by atoms with Gasteiger partial charge < -0.3 is 15.2 Å². The minimum absolute atomic E-state index is 0.217. The van der Waals surface area contributed by atoms with Crippen molar-refractivity contribution >= 4 is 35.1 Å². The predicted molar refractivity (Wildman–Crippen MR) is 89.6 cm³/mol. The van der Waals surface area contributed by atoms with Crippen LogP contribution < -0.4 is 10.6 Å². The minimum Gasteiger partial charge on any atom is -0.359 e. The lowest BCUT2D eigenvalue weighted by molar-refractivity contribution is 0.249. The summed E-state index contributed by atoms with van der Waals surface area (Å²) >= 11 is 8.05. The van der Waals surface area contributed by atoms with Gasteiger partial charge in [0.2, 0.25) is 0 Å². The van der Waals surface area contributed by atoms with E-state index in [1.165, 1.54) is 0 Å². The lowest BCUT2D eigenvalue weighted by Crippen LogP contribution is -2.37. The van der Waals surface area contributed by atoms with Crippen LogP contribution in [0.15, 0.2) is 28.8 Å². The van der Waals surface area contributed by atoms with Crippen molar-refractivity contribution in [2.45, 2.75) is 19.4 Å². The van der Waals surface area contributed by atoms with Gasteiger partial charge in [0.25, 0.3) is 0 Å². The monoisotopic (exact) mass is 337 g/mol. The second-order valence-corrected chi connectivity index (χ2v) is 6.66. The van der Waals surface area contributed by atoms with Gasteiger partial charge in [-0.05, 0) is 25.2 Å². The Morgan fingerprint density at radius 2 is 2.27 bits per heavy atom. The molecule has 1 fully saturated rings. The molecule has 0 bridgehead atoms. The molecule has 2 aromatic rings. The number of carbonyl (C=O) groups is 1. The van der Waals surface area contributed by atoms with E-state index in [0.29, 0.717) is 22.2 Å². The van der Waals surface area contributed by atoms with Crippen LogP contribution in [-0.4, -0.2) is 28.7 Å². The smallest absolute Gasteiger partial charge is 0.319 e. The van der Waals surface area contributed by atoms with Crippen LogP contribution >= 0.6 is 23.4 Å². The Morgan fingerprint density at radius 3 is 3.00 bits per heavy atom. The number of nitrogens with one attached hydrogen (secondary N) is 2. The van der Waals surface area contributed by atoms with E-state index in [0.717, 1.165) is 23.5 Å². The number of aryl methyl sites for hydroxylation is 1. The van der Waals surface area contributed by atoms with Crippen molar-refractivity contribution in [2.24, 2.45) is 0 Å². The highest BCUT2D eigenvalue weighted by atomic mass is 35.5. The Morgan fingerprint density at radius 1 is 1.45 bits per heavy atom. The normalized spacial score (nSPS) is 17.5. The maximum Gasteiger partial charge on any atom is 0.319 e. The third-order valence-electron chi connectivity index (χ3n) is 3.50. The molecule has 0 radical (unpaired) electrons. The van der Waals surface area contributed by atoms with E-state index in [1.54, 1.807) is 13.0 Å². The molecule has 5 nitrogen and oxygen atoms in total. The van der Waals surface area contributed by atoms with E-state index >= 15 is 0 Å². The van der Waals surface area contributed by atoms with Crippen LogP contribution in [0, 0.1) is 6.92 Å². The van der Waals surface area contributed by atoms with E-state index in [4.69, 9.17) is 16.1 Å². The highest BCUT2D eigenvalue weighted by molar-refractivity contribution is 7.99. The van der Waals surface area contributed by atoms with Gasteiger partial charge in [-0.3, -0.25) is 0 Å². The number of hydrogen-bond donors (Lipinski definition) is 2. The Hall–Kier alpha value is -1.66. The van der Waals surface area contributed by atoms with Crippen LogP contribution in [0.3, 0.4) is 0 Å². The Balaban J connectivity index is 1.80. The zero-order chi connectivity index (χ0) is 15.5. The largest absolute Gasteiger partial charge is 0.359 e. The van der Waals surface area contributed by atoms with Crippen LogP contribution in [0.25, 0.3) is 11.3 Å². The van der Waals surface area contributed by atoms with E-state index < -0.39 is 0 Å². The second kappa shape index (κ2) is 6.62. The summed E-state index contributed by atoms with van der Waals surface area (Å²) < 4.78 is 5.22. The van der Waals surface area contributed by atoms with Crippen molar-refractivity contribution in [1.29, 1.82) is 0 Å². The second-order valence-electron chi connectivity index (χ2n) is 5.10. The summed E-state index contributed by atoms with van der Waals surface area (Å²) in [5, 5.41) is 10.4. The summed E-state index contributed by atoms with van der Waals surface area (Å²) in [6.45, 7) is 1.76. The highest BCUT2D eigenvalue weighted by Crippen LogP contribution is 2.34. The first-order chi connectivity index (χ1) is 10.6. The molecule has 1 aromatic heterocycles. The summed E-state index contributed by atoms with van der Waals surface area (Å²) in [6, 6.07) is 7.30. The number of carbonyl (C=O) groups excluding carboxylic acids is 1. The average molecular weight is 338 g/mol. The third kappa shape index (κ3) is 3.23. The molecule has 1 aromatic carbocycles. The molecule has 0 spiro atoms. The lowest BCUT2D eigenvalue weighted by atomic mass is 10.1. The van der Waals surface area contributed by atoms with Gasteiger partial charge in [0.05, 0.1) is 5.02 Å². The molecule has 2 heterocycles. The molecular formula is C15H16ClN3O2S. The molecule has 2 N–H and O–H groups in total. The number of rotatable bonds is 3. The maximum atomic E-state index is 12.2. The molecular weight excluding hydrogens is 322 g/mol. The zero-order valence-corrected chi connectivity index (χ0v) is 13.6. The minimum atomic E-state index is -0.243. The van der Waals surface area contributed by atoms with E-state index in [2.05, 4.69) is 15.8 Å². The van der Waals surface area contributed by atoms with Crippen LogP contribution in [0.5, 0.6) is 0 Å². The third-order valence-corrected chi connectivity index (χ3v) is 4.99. The van der Waals surface area contributed by atoms with Gasteiger partial charge in [0.15, 0.2) is 5.76 Å². The Kier molecular flexibility index (Phi) is 4.59. The number of amides is 2. The zero-order valence-electron chi connectivity index (χ0n) is 12.1. The van der Waals surface area contributed by atoms with Crippen LogP contribution in [0.4, 0.5) is 10.5 Å². The SMILES string of the molecule is Cc1onc(-c2ccccc2Cl)c1NC(=O)N[C@H]1CCSC1. The van der Waals surface area contributed by atoms with Gasteiger partial charge >= 0.3 is 6.03 Å². The number of thioether (sulfide) groups is 1. The quantitative estimate of drug-likeness (QED) is 0.890. The van der Waals surface area contributed by atoms with Crippen molar-refractivity contribution in [3.05, 3.63) is 35.0 Å². The fourth-order valence-electron chi connectivity index (χ4n) is 2.34. The molecule has 0 saturated carbocycles. The van der Waals surface area contributed by atoms with Crippen LogP contribution in [0.1, 0.15) is 12.2 Å². The number of halogens is 1. The average Bonchev–Trinajstić information content (AvgIpc) is 3.11. The molecule has 116 valence electrons. The van der Waals surface area contributed by atoms with Gasteiger partial charge in [-0.1, -0.05) is 35.0 Å². The molecule has 1 saturated heterocycles. The first kappa shape index (κ1) is 15.2. The van der Waals surface area contributed by atoms with E-state index in [1.807, 2.05) is 30.0 Å². The molecule has 7 heteroatoms. The van der Waals surface area contributed by atoms with Gasteiger partial charge in [-0.2, -0.15) is 11.8 Å². The summed E-state index contributed by atoms with van der Waals surface area (Å²) in [5.74, 6) is 2.58. The van der Waals surface area contributed by atoms with Crippen molar-refractivity contribution < 1.29 is 9.32 Å². The highest BCUT2D eigenvalue weighted by Gasteiger charge is 2.21. The summed E-state index contributed by atoms with van der Waals surface area (Å²) in [4.78, 5) is 12.2. The molecule has 1 aliphatic heterocycles. The summed E-state index contributed by atoms with van der Waals surface area (Å²) in [6.07, 6.45) is 0.998. The fraction of sp³-hybridized carbons (Fsp3) is 0.333. The van der Waals surface area contributed by atoms with Crippen molar-refractivity contribution in [3.8, 4) is 11.3 Å². The van der Waals surface area contributed by atoms with Gasteiger partial charge in [0, 0.05) is 17.4 Å². The van der Waals surface area contributed by atoms with Gasteiger partial charge in [-0.25, -0.2) is 4.79 Å². The molecule has 1 aliphatic rings. The topological polar surface area (TPSA) is 67.2 Å². The first-order valence-corrected chi connectivity index (χ1v) is 8.55. The standard InChI is InChI=1S/C15H16ClN3O2S/c1-9-13(18-15(20)17-10-6-7-22-8-10)14(19-21-9)11-4-2-3-5-12(11)16/h2-5,10H,6-8H2,1H3,(H2,17,18,20)/t10-/m0/s1. The van der Waals surface area contributed by atoms with Crippen molar-refractivity contribution in [2.75, 3.05) is 16.8 Å². The molecule has 22 heavy (non-hydrogen) atoms. The number of hydrogen-bond acceptors (Lipinski definition) is 4. The number of urea groups is 1. The maximum absolute atomic E-state index is 12.2. The molecule has 3 rings (SSSR count). The predicted octanol–water partition coefficient (Wildman–Crippen LogP) is 3.93. The summed E-state index contributed by atoms with van der Waals surface area (Å²) in [5.41, 5.74) is 1.82. The first-order valence-electron chi connectivity index (χ1n) is 7.01. The van der Waals surface area contributed by atoms with E-state index in [9.17, 15) is 4.79 Å². The molecule has 0 aliphatic carbocycles. The van der Waals surface area contributed by atoms with Gasteiger partial charge in [0.1, 0.15) is 11.4 Å². The molecule has 1 atom stereocenters. The Bertz CT molecular complexity index is 683. The number of benzene rings is 1. The molecule has 2 amide bonds. The summed E-state index contributed by atoms with van der Waals surface area (Å²) in [7, 11) is 0. The van der Waals surface area contributed by atoms with E-state index in [-0.39, 0.29) is 12.1 Å².